The second kappa shape index (κ2) is 9.35. The summed E-state index contributed by atoms with van der Waals surface area (Å²) in [4.78, 5) is 7.47. The van der Waals surface area contributed by atoms with E-state index < -0.39 is 0 Å². The summed E-state index contributed by atoms with van der Waals surface area (Å²) < 4.78 is 8.55. The molecule has 5 heteroatoms. The molecule has 0 N–H and O–H groups in total. The molecule has 2 aromatic carbocycles. The van der Waals surface area contributed by atoms with Crippen LogP contribution in [0.1, 0.15) is 25.3 Å². The van der Waals surface area contributed by atoms with Gasteiger partial charge in [0.1, 0.15) is 22.9 Å². The van der Waals surface area contributed by atoms with Gasteiger partial charge < -0.3 is 9.64 Å². The van der Waals surface area contributed by atoms with E-state index in [0.717, 1.165) is 59.0 Å². The fourth-order valence-corrected chi connectivity index (χ4v) is 4.19. The van der Waals surface area contributed by atoms with Crippen molar-refractivity contribution in [2.45, 2.75) is 26.3 Å². The minimum absolute atomic E-state index is 0.832. The van der Waals surface area contributed by atoms with Gasteiger partial charge in [-0.1, -0.05) is 49.7 Å². The molecule has 0 amide bonds. The van der Waals surface area contributed by atoms with Crippen molar-refractivity contribution >= 4 is 27.4 Å². The molecule has 4 rings (SSSR count). The number of imidazole rings is 1. The van der Waals surface area contributed by atoms with Crippen molar-refractivity contribution in [3.63, 3.8) is 0 Å². The van der Waals surface area contributed by atoms with Crippen LogP contribution >= 0.6 is 15.9 Å². The monoisotopic (exact) mass is 463 g/mol. The number of anilines is 1. The van der Waals surface area contributed by atoms with E-state index >= 15 is 0 Å². The Kier molecular flexibility index (Phi) is 6.38. The van der Waals surface area contributed by atoms with E-state index in [4.69, 9.17) is 9.72 Å². The number of halogens is 1. The fraction of sp³-hybridized carbons (Fsp3) is 0.240. The Bertz CT molecular complexity index is 1110. The second-order valence-corrected chi connectivity index (χ2v) is 8.13. The first-order valence-electron chi connectivity index (χ1n) is 10.3. The molecule has 0 aliphatic carbocycles. The van der Waals surface area contributed by atoms with Crippen LogP contribution in [0.25, 0.3) is 16.9 Å². The molecule has 0 unspecified atom stereocenters. The smallest absolute Gasteiger partial charge is 0.142 e. The topological polar surface area (TPSA) is 29.8 Å². The van der Waals surface area contributed by atoms with Crippen LogP contribution in [-0.4, -0.2) is 23.0 Å². The highest BCUT2D eigenvalue weighted by Gasteiger charge is 2.21. The lowest BCUT2D eigenvalue weighted by Gasteiger charge is -2.26. The van der Waals surface area contributed by atoms with E-state index in [0.29, 0.717) is 0 Å². The van der Waals surface area contributed by atoms with Gasteiger partial charge in [0, 0.05) is 18.7 Å². The van der Waals surface area contributed by atoms with Gasteiger partial charge in [-0.05, 0) is 64.3 Å². The number of pyridine rings is 1. The summed E-state index contributed by atoms with van der Waals surface area (Å²) in [5.74, 6) is 1.96. The molecule has 0 saturated heterocycles. The molecule has 0 atom stereocenters. The third kappa shape index (κ3) is 4.21. The molecule has 4 nitrogen and oxygen atoms in total. The summed E-state index contributed by atoms with van der Waals surface area (Å²) in [6.45, 7) is 4.03. The summed E-state index contributed by atoms with van der Waals surface area (Å²) in [6, 6.07) is 24.9. The molecule has 30 heavy (non-hydrogen) atoms. The lowest BCUT2D eigenvalue weighted by molar-refractivity contribution is 0.415. The number of aromatic nitrogens is 2. The first-order valence-corrected chi connectivity index (χ1v) is 11.1. The van der Waals surface area contributed by atoms with Crippen molar-refractivity contribution < 1.29 is 4.74 Å². The molecular formula is C25H26BrN3O. The average molecular weight is 464 g/mol. The van der Waals surface area contributed by atoms with Crippen LogP contribution in [0.2, 0.25) is 0 Å². The fourth-order valence-electron chi connectivity index (χ4n) is 3.69. The molecule has 2 aromatic heterocycles. The number of ether oxygens (including phenoxy) is 1. The van der Waals surface area contributed by atoms with Gasteiger partial charge in [0.15, 0.2) is 0 Å². The zero-order chi connectivity index (χ0) is 20.9. The molecule has 0 spiro atoms. The molecule has 4 aromatic rings. The van der Waals surface area contributed by atoms with Crippen LogP contribution in [0.5, 0.6) is 5.75 Å². The minimum Gasteiger partial charge on any atom is -0.497 e. The van der Waals surface area contributed by atoms with Crippen LogP contribution in [0, 0.1) is 0 Å². The zero-order valence-corrected chi connectivity index (χ0v) is 19.0. The normalized spacial score (nSPS) is 11.0. The summed E-state index contributed by atoms with van der Waals surface area (Å²) in [5, 5.41) is 0. The summed E-state index contributed by atoms with van der Waals surface area (Å²) in [7, 11) is 1.69. The second-order valence-electron chi connectivity index (χ2n) is 7.32. The highest BCUT2D eigenvalue weighted by Crippen LogP contribution is 2.35. The van der Waals surface area contributed by atoms with E-state index in [9.17, 15) is 0 Å². The number of methoxy groups -OCH3 is 1. The molecule has 0 aliphatic heterocycles. The van der Waals surface area contributed by atoms with Crippen molar-refractivity contribution in [2.24, 2.45) is 0 Å². The molecule has 0 aliphatic rings. The Hall–Kier alpha value is -2.79. The number of hydrogen-bond donors (Lipinski definition) is 0. The van der Waals surface area contributed by atoms with Gasteiger partial charge in [-0.2, -0.15) is 0 Å². The molecule has 0 bridgehead atoms. The number of unbranched alkanes of at least 4 members (excludes halogenated alkanes) is 1. The maximum Gasteiger partial charge on any atom is 0.142 e. The maximum absolute atomic E-state index is 5.35. The van der Waals surface area contributed by atoms with Gasteiger partial charge in [0.25, 0.3) is 0 Å². The molecule has 0 fully saturated rings. The summed E-state index contributed by atoms with van der Waals surface area (Å²) >= 11 is 3.75. The molecule has 154 valence electrons. The van der Waals surface area contributed by atoms with Gasteiger partial charge in [0.05, 0.1) is 11.7 Å². The molecule has 2 heterocycles. The predicted molar refractivity (Wildman–Crippen MR) is 127 cm³/mol. The van der Waals surface area contributed by atoms with Gasteiger partial charge in [-0.15, -0.1) is 0 Å². The van der Waals surface area contributed by atoms with Crippen LogP contribution < -0.4 is 9.64 Å². The third-order valence-electron chi connectivity index (χ3n) is 5.23. The van der Waals surface area contributed by atoms with Gasteiger partial charge >= 0.3 is 0 Å². The van der Waals surface area contributed by atoms with Crippen molar-refractivity contribution in [2.75, 3.05) is 18.6 Å². The predicted octanol–water partition coefficient (Wildman–Crippen LogP) is 6.58. The van der Waals surface area contributed by atoms with E-state index in [2.05, 4.69) is 86.8 Å². The number of nitrogens with zero attached hydrogens (tertiary/aromatic N) is 3. The first kappa shape index (κ1) is 20.5. The van der Waals surface area contributed by atoms with Crippen LogP contribution in [0.4, 0.5) is 5.82 Å². The summed E-state index contributed by atoms with van der Waals surface area (Å²) in [5.41, 5.74) is 4.28. The Morgan fingerprint density at radius 2 is 1.73 bits per heavy atom. The van der Waals surface area contributed by atoms with Crippen molar-refractivity contribution in [1.82, 2.24) is 9.38 Å². The highest BCUT2D eigenvalue weighted by atomic mass is 79.9. The number of benzene rings is 2. The Balaban J connectivity index is 1.88. The van der Waals surface area contributed by atoms with E-state index in [-0.39, 0.29) is 0 Å². The highest BCUT2D eigenvalue weighted by molar-refractivity contribution is 9.10. The average Bonchev–Trinajstić information content (AvgIpc) is 3.18. The molecular weight excluding hydrogens is 438 g/mol. The lowest BCUT2D eigenvalue weighted by Crippen LogP contribution is -2.26. The third-order valence-corrected chi connectivity index (χ3v) is 5.85. The zero-order valence-electron chi connectivity index (χ0n) is 17.4. The largest absolute Gasteiger partial charge is 0.497 e. The minimum atomic E-state index is 0.832. The van der Waals surface area contributed by atoms with Crippen molar-refractivity contribution in [3.05, 3.63) is 83.0 Å². The Labute approximate surface area is 186 Å². The maximum atomic E-state index is 5.35. The Morgan fingerprint density at radius 3 is 2.43 bits per heavy atom. The van der Waals surface area contributed by atoms with Crippen molar-refractivity contribution in [3.8, 4) is 17.0 Å². The number of hydrogen-bond acceptors (Lipinski definition) is 3. The number of rotatable bonds is 8. The van der Waals surface area contributed by atoms with E-state index in [1.807, 2.05) is 18.2 Å². The summed E-state index contributed by atoms with van der Waals surface area (Å²) in [6.07, 6.45) is 2.26. The van der Waals surface area contributed by atoms with Gasteiger partial charge in [-0.3, -0.25) is 4.40 Å². The van der Waals surface area contributed by atoms with Crippen LogP contribution in [0.3, 0.4) is 0 Å². The lowest BCUT2D eigenvalue weighted by atomic mass is 10.1. The van der Waals surface area contributed by atoms with Crippen LogP contribution in [-0.2, 0) is 6.54 Å². The quantitative estimate of drug-likeness (QED) is 0.276. The van der Waals surface area contributed by atoms with E-state index in [1.54, 1.807) is 7.11 Å². The van der Waals surface area contributed by atoms with Crippen molar-refractivity contribution in [1.29, 1.82) is 0 Å². The number of fused-ring (bicyclic) bond motifs is 1. The standard InChI is InChI=1S/C25H26BrN3O/c1-3-4-17-28(18-19-9-6-5-7-10-19)25-24(20-13-15-21(30-2)16-14-20)27-23-12-8-11-22(26)29(23)25/h5-16H,3-4,17-18H2,1-2H3. The van der Waals surface area contributed by atoms with Gasteiger partial charge in [0.2, 0.25) is 0 Å². The first-order chi connectivity index (χ1) is 14.7. The Morgan fingerprint density at radius 1 is 0.967 bits per heavy atom. The van der Waals surface area contributed by atoms with Crippen LogP contribution in [0.15, 0.2) is 77.4 Å². The SMILES string of the molecule is CCCCN(Cc1ccccc1)c1c(-c2ccc(OC)cc2)nc2cccc(Br)n12. The van der Waals surface area contributed by atoms with Gasteiger partial charge in [-0.25, -0.2) is 4.98 Å². The molecule has 0 radical (unpaired) electrons. The molecule has 0 saturated carbocycles. The van der Waals surface area contributed by atoms with E-state index in [1.165, 1.54) is 5.56 Å².